The lowest BCUT2D eigenvalue weighted by molar-refractivity contribution is 0.102. The van der Waals surface area contributed by atoms with Crippen molar-refractivity contribution in [1.29, 1.82) is 0 Å². The first-order chi connectivity index (χ1) is 14.2. The number of carbonyl (C=O) groups is 1. The van der Waals surface area contributed by atoms with Crippen LogP contribution >= 0.6 is 0 Å². The Morgan fingerprint density at radius 2 is 1.52 bits per heavy atom. The summed E-state index contributed by atoms with van der Waals surface area (Å²) in [5, 5.41) is 2.89. The second-order valence-corrected chi connectivity index (χ2v) is 6.44. The minimum absolute atomic E-state index is 0.201. The van der Waals surface area contributed by atoms with Gasteiger partial charge in [-0.1, -0.05) is 42.5 Å². The molecule has 0 fully saturated rings. The molecule has 0 spiro atoms. The zero-order valence-electron chi connectivity index (χ0n) is 16.5. The van der Waals surface area contributed by atoms with Crippen LogP contribution in [0.3, 0.4) is 0 Å². The summed E-state index contributed by atoms with van der Waals surface area (Å²) in [5.74, 6) is 1.15. The van der Waals surface area contributed by atoms with Crippen molar-refractivity contribution in [2.45, 2.75) is 6.42 Å². The highest BCUT2D eigenvalue weighted by atomic mass is 16.5. The summed E-state index contributed by atoms with van der Waals surface area (Å²) in [6.45, 7) is 1.51. The van der Waals surface area contributed by atoms with Crippen LogP contribution in [0.5, 0.6) is 11.5 Å². The highest BCUT2D eigenvalue weighted by Crippen LogP contribution is 2.19. The van der Waals surface area contributed by atoms with Gasteiger partial charge >= 0.3 is 0 Å². The van der Waals surface area contributed by atoms with E-state index in [2.05, 4.69) is 17.4 Å². The van der Waals surface area contributed by atoms with E-state index in [-0.39, 0.29) is 5.91 Å². The Morgan fingerprint density at radius 3 is 2.31 bits per heavy atom. The topological polar surface area (TPSA) is 56.8 Å². The molecular weight excluding hydrogens is 366 g/mol. The summed E-state index contributed by atoms with van der Waals surface area (Å²) in [6.07, 6.45) is 0.813. The van der Waals surface area contributed by atoms with E-state index >= 15 is 0 Å². The third kappa shape index (κ3) is 6.66. The Balaban J connectivity index is 1.55. The fourth-order valence-electron chi connectivity index (χ4n) is 2.77. The van der Waals surface area contributed by atoms with Crippen LogP contribution < -0.4 is 14.8 Å². The van der Waals surface area contributed by atoms with Gasteiger partial charge in [0.2, 0.25) is 0 Å². The first-order valence-corrected chi connectivity index (χ1v) is 9.54. The van der Waals surface area contributed by atoms with Gasteiger partial charge in [-0.15, -0.1) is 0 Å². The van der Waals surface area contributed by atoms with E-state index in [1.54, 1.807) is 25.3 Å². The summed E-state index contributed by atoms with van der Waals surface area (Å²) in [6, 6.07) is 24.6. The summed E-state index contributed by atoms with van der Waals surface area (Å²) in [7, 11) is 1.62. The van der Waals surface area contributed by atoms with Crippen LogP contribution in [0.4, 0.5) is 5.69 Å². The van der Waals surface area contributed by atoms with Gasteiger partial charge in [-0.2, -0.15) is 0 Å². The molecule has 150 valence electrons. The SMILES string of the molecule is COCCOc1cccc(NC(=O)c2cccc(OCCc3ccccc3)c2)c1. The van der Waals surface area contributed by atoms with E-state index in [4.69, 9.17) is 14.2 Å². The number of rotatable bonds is 10. The number of hydrogen-bond acceptors (Lipinski definition) is 4. The van der Waals surface area contributed by atoms with Gasteiger partial charge in [0.05, 0.1) is 13.2 Å². The average Bonchev–Trinajstić information content (AvgIpc) is 2.75. The molecule has 0 aliphatic carbocycles. The quantitative estimate of drug-likeness (QED) is 0.514. The van der Waals surface area contributed by atoms with Crippen LogP contribution in [0, 0.1) is 0 Å². The van der Waals surface area contributed by atoms with E-state index in [1.807, 2.05) is 48.5 Å². The van der Waals surface area contributed by atoms with Gasteiger partial charge in [-0.3, -0.25) is 4.79 Å². The number of hydrogen-bond donors (Lipinski definition) is 1. The minimum atomic E-state index is -0.201. The molecule has 3 rings (SSSR count). The maximum atomic E-state index is 12.6. The van der Waals surface area contributed by atoms with Crippen molar-refractivity contribution in [2.24, 2.45) is 0 Å². The number of nitrogens with one attached hydrogen (secondary N) is 1. The van der Waals surface area contributed by atoms with E-state index < -0.39 is 0 Å². The monoisotopic (exact) mass is 391 g/mol. The van der Waals surface area contributed by atoms with Gasteiger partial charge in [-0.25, -0.2) is 0 Å². The lowest BCUT2D eigenvalue weighted by Gasteiger charge is -2.10. The maximum absolute atomic E-state index is 12.6. The Kier molecular flexibility index (Phi) is 7.66. The number of anilines is 1. The number of methoxy groups -OCH3 is 1. The van der Waals surface area contributed by atoms with E-state index in [9.17, 15) is 4.79 Å². The van der Waals surface area contributed by atoms with Crippen molar-refractivity contribution in [2.75, 3.05) is 32.2 Å². The molecule has 0 aromatic heterocycles. The smallest absolute Gasteiger partial charge is 0.255 e. The predicted octanol–water partition coefficient (Wildman–Crippen LogP) is 4.59. The molecule has 5 heteroatoms. The van der Waals surface area contributed by atoms with E-state index in [0.29, 0.717) is 42.6 Å². The normalized spacial score (nSPS) is 10.4. The molecule has 0 saturated heterocycles. The van der Waals surface area contributed by atoms with Crippen molar-refractivity contribution < 1.29 is 19.0 Å². The van der Waals surface area contributed by atoms with Crippen molar-refractivity contribution in [3.63, 3.8) is 0 Å². The third-order valence-electron chi connectivity index (χ3n) is 4.25. The molecule has 29 heavy (non-hydrogen) atoms. The zero-order valence-corrected chi connectivity index (χ0v) is 16.5. The van der Waals surface area contributed by atoms with Crippen LogP contribution in [0.1, 0.15) is 15.9 Å². The molecule has 5 nitrogen and oxygen atoms in total. The van der Waals surface area contributed by atoms with Gasteiger partial charge in [0, 0.05) is 30.8 Å². The molecule has 0 radical (unpaired) electrons. The predicted molar refractivity (Wildman–Crippen MR) is 114 cm³/mol. The number of carbonyl (C=O) groups excluding carboxylic acids is 1. The number of amides is 1. The molecule has 0 bridgehead atoms. The van der Waals surface area contributed by atoms with Crippen molar-refractivity contribution in [1.82, 2.24) is 0 Å². The van der Waals surface area contributed by atoms with Gasteiger partial charge in [-0.05, 0) is 35.9 Å². The molecule has 0 atom stereocenters. The molecular formula is C24H25NO4. The standard InChI is InChI=1S/C24H25NO4/c1-27-15-16-29-23-12-6-10-21(18-23)25-24(26)20-9-5-11-22(17-20)28-14-13-19-7-3-2-4-8-19/h2-12,17-18H,13-16H2,1H3,(H,25,26). The highest BCUT2D eigenvalue weighted by Gasteiger charge is 2.08. The highest BCUT2D eigenvalue weighted by molar-refractivity contribution is 6.04. The average molecular weight is 391 g/mol. The zero-order chi connectivity index (χ0) is 20.3. The van der Waals surface area contributed by atoms with Crippen molar-refractivity contribution >= 4 is 11.6 Å². The van der Waals surface area contributed by atoms with Crippen molar-refractivity contribution in [3.8, 4) is 11.5 Å². The lowest BCUT2D eigenvalue weighted by atomic mass is 10.1. The van der Waals surface area contributed by atoms with Crippen LogP contribution in [-0.2, 0) is 11.2 Å². The molecule has 0 aliphatic heterocycles. The Bertz CT molecular complexity index is 912. The van der Waals surface area contributed by atoms with Crippen LogP contribution in [0.25, 0.3) is 0 Å². The molecule has 1 amide bonds. The summed E-state index contributed by atoms with van der Waals surface area (Å²) < 4.78 is 16.4. The van der Waals surface area contributed by atoms with Gasteiger partial charge < -0.3 is 19.5 Å². The number of benzene rings is 3. The van der Waals surface area contributed by atoms with E-state index in [1.165, 1.54) is 5.56 Å². The summed E-state index contributed by atoms with van der Waals surface area (Å²) >= 11 is 0. The van der Waals surface area contributed by atoms with Crippen LogP contribution in [-0.4, -0.2) is 32.8 Å². The molecule has 3 aromatic carbocycles. The lowest BCUT2D eigenvalue weighted by Crippen LogP contribution is -2.12. The van der Waals surface area contributed by atoms with Crippen LogP contribution in [0.2, 0.25) is 0 Å². The molecule has 3 aromatic rings. The van der Waals surface area contributed by atoms with Crippen LogP contribution in [0.15, 0.2) is 78.9 Å². The Hall–Kier alpha value is -3.31. The molecule has 1 N–H and O–H groups in total. The van der Waals surface area contributed by atoms with Crippen molar-refractivity contribution in [3.05, 3.63) is 90.0 Å². The largest absolute Gasteiger partial charge is 0.493 e. The Labute approximate surface area is 171 Å². The van der Waals surface area contributed by atoms with Gasteiger partial charge in [0.1, 0.15) is 18.1 Å². The van der Waals surface area contributed by atoms with Gasteiger partial charge in [0.15, 0.2) is 0 Å². The summed E-state index contributed by atoms with van der Waals surface area (Å²) in [5.41, 5.74) is 2.42. The molecule has 0 unspecified atom stereocenters. The second-order valence-electron chi connectivity index (χ2n) is 6.44. The minimum Gasteiger partial charge on any atom is -0.493 e. The fraction of sp³-hybridized carbons (Fsp3) is 0.208. The third-order valence-corrected chi connectivity index (χ3v) is 4.25. The first kappa shape index (κ1) is 20.4. The fourth-order valence-corrected chi connectivity index (χ4v) is 2.77. The molecule has 0 saturated carbocycles. The molecule has 0 heterocycles. The maximum Gasteiger partial charge on any atom is 0.255 e. The Morgan fingerprint density at radius 1 is 0.793 bits per heavy atom. The van der Waals surface area contributed by atoms with E-state index in [0.717, 1.165) is 6.42 Å². The van der Waals surface area contributed by atoms with Gasteiger partial charge in [0.25, 0.3) is 5.91 Å². The first-order valence-electron chi connectivity index (χ1n) is 9.54. The summed E-state index contributed by atoms with van der Waals surface area (Å²) in [4.78, 5) is 12.6. The number of ether oxygens (including phenoxy) is 3. The second kappa shape index (κ2) is 10.9. The molecule has 0 aliphatic rings.